The second-order valence-electron chi connectivity index (χ2n) is 5.31. The van der Waals surface area contributed by atoms with Crippen molar-refractivity contribution in [1.82, 2.24) is 15.0 Å². The summed E-state index contributed by atoms with van der Waals surface area (Å²) < 4.78 is 5.46. The summed E-state index contributed by atoms with van der Waals surface area (Å²) in [5.74, 6) is 0. The second kappa shape index (κ2) is 4.33. The van der Waals surface area contributed by atoms with Crippen molar-refractivity contribution in [2.24, 2.45) is 0 Å². The number of para-hydroxylation sites is 2. The molecule has 5 heteroatoms. The molecule has 0 saturated carbocycles. The van der Waals surface area contributed by atoms with E-state index in [1.54, 1.807) is 24.5 Å². The first kappa shape index (κ1) is 12.2. The molecule has 0 aliphatic rings. The number of aromatic nitrogens is 3. The summed E-state index contributed by atoms with van der Waals surface area (Å²) in [4.78, 5) is 26.3. The topological polar surface area (TPSA) is 68.9 Å². The van der Waals surface area contributed by atoms with E-state index in [9.17, 15) is 4.79 Å². The fraction of sp³-hybridized carbons (Fsp3) is 0. The lowest BCUT2D eigenvalue weighted by Crippen LogP contribution is -2.07. The molecule has 23 heavy (non-hydrogen) atoms. The molecule has 0 aliphatic heterocycles. The molecular weight excluding hydrogens is 290 g/mol. The van der Waals surface area contributed by atoms with Crippen LogP contribution in [0.1, 0.15) is 0 Å². The maximum atomic E-state index is 12.8. The van der Waals surface area contributed by atoms with E-state index in [0.717, 1.165) is 10.9 Å². The summed E-state index contributed by atoms with van der Waals surface area (Å²) >= 11 is 0. The summed E-state index contributed by atoms with van der Waals surface area (Å²) in [6, 6.07) is 14.6. The van der Waals surface area contributed by atoms with Crippen molar-refractivity contribution in [2.45, 2.75) is 0 Å². The molecule has 0 radical (unpaired) electrons. The Hall–Kier alpha value is -3.34. The summed E-state index contributed by atoms with van der Waals surface area (Å²) in [5.41, 5.74) is 3.18. The van der Waals surface area contributed by atoms with E-state index < -0.39 is 0 Å². The van der Waals surface area contributed by atoms with Gasteiger partial charge in [0.05, 0.1) is 28.2 Å². The van der Waals surface area contributed by atoms with Crippen LogP contribution in [0.3, 0.4) is 0 Å². The third kappa shape index (κ3) is 1.67. The fourth-order valence-electron chi connectivity index (χ4n) is 2.86. The second-order valence-corrected chi connectivity index (χ2v) is 5.31. The molecule has 0 bridgehead atoms. The number of fused-ring (bicyclic) bond motifs is 5. The first-order chi connectivity index (χ1) is 11.3. The predicted molar refractivity (Wildman–Crippen MR) is 88.4 cm³/mol. The van der Waals surface area contributed by atoms with Crippen LogP contribution >= 0.6 is 0 Å². The summed E-state index contributed by atoms with van der Waals surface area (Å²) in [6.07, 6.45) is 1.60. The van der Waals surface area contributed by atoms with Gasteiger partial charge >= 0.3 is 0 Å². The molecule has 5 rings (SSSR count). The molecule has 108 valence electrons. The Morgan fingerprint density at radius 3 is 2.43 bits per heavy atom. The van der Waals surface area contributed by atoms with Gasteiger partial charge in [0, 0.05) is 5.39 Å². The molecule has 0 amide bonds. The molecule has 5 aromatic rings. The molecule has 0 unspecified atom stereocenters. The molecule has 0 spiro atoms. The normalized spacial score (nSPS) is 11.7. The Morgan fingerprint density at radius 1 is 0.739 bits per heavy atom. The largest absolute Gasteiger partial charge is 0.464 e. The highest BCUT2D eigenvalue weighted by molar-refractivity contribution is 6.06. The molecule has 3 heterocycles. The van der Waals surface area contributed by atoms with Crippen molar-refractivity contribution in [3.05, 3.63) is 65.0 Å². The minimum atomic E-state index is -0.158. The average molecular weight is 299 g/mol. The zero-order chi connectivity index (χ0) is 15.4. The van der Waals surface area contributed by atoms with Crippen LogP contribution in [0.4, 0.5) is 0 Å². The average Bonchev–Trinajstić information content (AvgIpc) is 2.60. The highest BCUT2D eigenvalue weighted by Gasteiger charge is 2.13. The van der Waals surface area contributed by atoms with E-state index in [-0.39, 0.29) is 5.43 Å². The van der Waals surface area contributed by atoms with Gasteiger partial charge in [0.15, 0.2) is 11.2 Å². The van der Waals surface area contributed by atoms with Crippen molar-refractivity contribution < 1.29 is 4.42 Å². The maximum absolute atomic E-state index is 12.8. The van der Waals surface area contributed by atoms with Crippen molar-refractivity contribution in [3.8, 4) is 0 Å². The number of rotatable bonds is 0. The first-order valence-electron chi connectivity index (χ1n) is 7.18. The van der Waals surface area contributed by atoms with E-state index in [4.69, 9.17) is 4.42 Å². The van der Waals surface area contributed by atoms with E-state index >= 15 is 0 Å². The van der Waals surface area contributed by atoms with Crippen LogP contribution in [0.15, 0.2) is 64.0 Å². The lowest BCUT2D eigenvalue weighted by Gasteiger charge is -2.04. The summed E-state index contributed by atoms with van der Waals surface area (Å²) in [7, 11) is 0. The molecule has 3 aromatic heterocycles. The van der Waals surface area contributed by atoms with Crippen molar-refractivity contribution in [2.75, 3.05) is 0 Å². The summed E-state index contributed by atoms with van der Waals surface area (Å²) in [5, 5.41) is 1.31. The standard InChI is InChI=1S/C18H9N3O2/c22-17-11-7-8-14-10(4-3-9-23-14)15(11)21-18-16(17)19-12-5-1-2-6-13(12)20-18/h1-9H. The van der Waals surface area contributed by atoms with Crippen molar-refractivity contribution in [3.63, 3.8) is 0 Å². The molecule has 0 saturated heterocycles. The van der Waals surface area contributed by atoms with Crippen LogP contribution in [0.25, 0.3) is 44.1 Å². The fourth-order valence-corrected chi connectivity index (χ4v) is 2.86. The van der Waals surface area contributed by atoms with Gasteiger partial charge in [-0.05, 0) is 36.4 Å². The SMILES string of the molecule is O=c1c2ccc3occcc3c2nc2nc3ccccc3nc12. The lowest BCUT2D eigenvalue weighted by atomic mass is 10.1. The van der Waals surface area contributed by atoms with Gasteiger partial charge in [-0.25, -0.2) is 15.0 Å². The zero-order valence-electron chi connectivity index (χ0n) is 11.9. The van der Waals surface area contributed by atoms with Gasteiger partial charge in [-0.3, -0.25) is 4.79 Å². The Labute approximate surface area is 129 Å². The van der Waals surface area contributed by atoms with Crippen LogP contribution < -0.4 is 5.43 Å². The zero-order valence-corrected chi connectivity index (χ0v) is 11.9. The van der Waals surface area contributed by atoms with Gasteiger partial charge in [0.25, 0.3) is 0 Å². The highest BCUT2D eigenvalue weighted by atomic mass is 16.3. The molecule has 0 fully saturated rings. The van der Waals surface area contributed by atoms with Gasteiger partial charge in [0.1, 0.15) is 5.58 Å². The Morgan fingerprint density at radius 2 is 1.57 bits per heavy atom. The van der Waals surface area contributed by atoms with Gasteiger partial charge in [-0.1, -0.05) is 12.1 Å². The van der Waals surface area contributed by atoms with E-state index in [1.807, 2.05) is 30.3 Å². The Balaban J connectivity index is 2.06. The van der Waals surface area contributed by atoms with Crippen LogP contribution in [0.2, 0.25) is 0 Å². The van der Waals surface area contributed by atoms with Gasteiger partial charge in [0.2, 0.25) is 5.43 Å². The van der Waals surface area contributed by atoms with E-state index in [2.05, 4.69) is 15.0 Å². The van der Waals surface area contributed by atoms with Crippen molar-refractivity contribution in [1.29, 1.82) is 0 Å². The lowest BCUT2D eigenvalue weighted by molar-refractivity contribution is 0.604. The number of pyridine rings is 1. The Kier molecular flexibility index (Phi) is 2.30. The summed E-state index contributed by atoms with van der Waals surface area (Å²) in [6.45, 7) is 0. The third-order valence-corrected chi connectivity index (χ3v) is 3.94. The quantitative estimate of drug-likeness (QED) is 0.323. The van der Waals surface area contributed by atoms with E-state index in [1.165, 1.54) is 0 Å². The molecule has 5 nitrogen and oxygen atoms in total. The molecule has 2 aromatic carbocycles. The highest BCUT2D eigenvalue weighted by Crippen LogP contribution is 2.23. The van der Waals surface area contributed by atoms with Gasteiger partial charge in [-0.15, -0.1) is 0 Å². The molecule has 0 atom stereocenters. The molecule has 0 N–H and O–H groups in total. The molecular formula is C18H9N3O2. The monoisotopic (exact) mass is 299 g/mol. The number of hydrogen-bond acceptors (Lipinski definition) is 5. The smallest absolute Gasteiger partial charge is 0.217 e. The number of nitrogens with zero attached hydrogens (tertiary/aromatic N) is 3. The number of benzene rings is 2. The van der Waals surface area contributed by atoms with Crippen LogP contribution in [0.5, 0.6) is 0 Å². The van der Waals surface area contributed by atoms with Gasteiger partial charge in [-0.2, -0.15) is 0 Å². The Bertz CT molecular complexity index is 1280. The minimum Gasteiger partial charge on any atom is -0.464 e. The molecule has 0 aliphatic carbocycles. The first-order valence-corrected chi connectivity index (χ1v) is 7.18. The predicted octanol–water partition coefficient (Wildman–Crippen LogP) is 3.44. The van der Waals surface area contributed by atoms with Crippen LogP contribution in [-0.2, 0) is 0 Å². The third-order valence-electron chi connectivity index (χ3n) is 3.94. The van der Waals surface area contributed by atoms with Crippen LogP contribution in [0, 0.1) is 0 Å². The number of hydrogen-bond donors (Lipinski definition) is 0. The van der Waals surface area contributed by atoms with Gasteiger partial charge < -0.3 is 4.42 Å². The maximum Gasteiger partial charge on any atom is 0.217 e. The van der Waals surface area contributed by atoms with E-state index in [0.29, 0.717) is 33.2 Å². The minimum absolute atomic E-state index is 0.158. The van der Waals surface area contributed by atoms with Crippen LogP contribution in [-0.4, -0.2) is 15.0 Å². The van der Waals surface area contributed by atoms with Crippen molar-refractivity contribution >= 4 is 44.1 Å².